The summed E-state index contributed by atoms with van der Waals surface area (Å²) in [6.45, 7) is 11.3. The average molecular weight is 357 g/mol. The molecule has 2 aliphatic heterocycles. The van der Waals surface area contributed by atoms with E-state index in [0.717, 1.165) is 44.6 Å². The van der Waals surface area contributed by atoms with Crippen LogP contribution in [-0.2, 0) is 11.3 Å². The highest BCUT2D eigenvalue weighted by molar-refractivity contribution is 5.91. The fourth-order valence-corrected chi connectivity index (χ4v) is 4.34. The molecule has 1 saturated heterocycles. The minimum atomic E-state index is -0.0639. The highest BCUT2D eigenvalue weighted by Crippen LogP contribution is 2.38. The molecule has 0 aliphatic carbocycles. The second-order valence-electron chi connectivity index (χ2n) is 8.01. The van der Waals surface area contributed by atoms with Crippen LogP contribution in [0.4, 0.5) is 0 Å². The van der Waals surface area contributed by atoms with Gasteiger partial charge in [0.15, 0.2) is 0 Å². The number of ether oxygens (including phenoxy) is 1. The maximum absolute atomic E-state index is 12.3. The average Bonchev–Trinajstić information content (AvgIpc) is 2.87. The van der Waals surface area contributed by atoms with Crippen molar-refractivity contribution in [1.29, 1.82) is 0 Å². The quantitative estimate of drug-likeness (QED) is 0.772. The number of hydrogen-bond donors (Lipinski definition) is 0. The van der Waals surface area contributed by atoms with E-state index >= 15 is 0 Å². The van der Waals surface area contributed by atoms with Crippen LogP contribution in [0.25, 0.3) is 0 Å². The first-order chi connectivity index (χ1) is 12.4. The number of hydrogen-bond acceptors (Lipinski definition) is 3. The summed E-state index contributed by atoms with van der Waals surface area (Å²) in [5.74, 6) is 1.13. The number of rotatable bonds is 6. The zero-order valence-electron chi connectivity index (χ0n) is 16.6. The second kappa shape index (κ2) is 7.83. The zero-order chi connectivity index (χ0) is 18.7. The SMILES string of the molecule is CCCN1C(=O)C=C[C@]12CCN(Cc1cccc(OC(C)C)c1)[C@@H](C)C2. The van der Waals surface area contributed by atoms with Crippen molar-refractivity contribution in [3.63, 3.8) is 0 Å². The first kappa shape index (κ1) is 19.0. The molecule has 0 bridgehead atoms. The van der Waals surface area contributed by atoms with Crippen molar-refractivity contribution in [2.45, 2.75) is 71.2 Å². The van der Waals surface area contributed by atoms with Gasteiger partial charge in [-0.1, -0.05) is 25.1 Å². The Morgan fingerprint density at radius 1 is 1.35 bits per heavy atom. The third-order valence-electron chi connectivity index (χ3n) is 5.55. The normalized spacial score (nSPS) is 26.3. The van der Waals surface area contributed by atoms with E-state index in [-0.39, 0.29) is 17.6 Å². The van der Waals surface area contributed by atoms with Crippen molar-refractivity contribution < 1.29 is 9.53 Å². The van der Waals surface area contributed by atoms with Gasteiger partial charge >= 0.3 is 0 Å². The molecule has 1 spiro atoms. The van der Waals surface area contributed by atoms with Crippen LogP contribution < -0.4 is 4.74 Å². The maximum atomic E-state index is 12.3. The smallest absolute Gasteiger partial charge is 0.247 e. The van der Waals surface area contributed by atoms with Crippen molar-refractivity contribution in [2.24, 2.45) is 0 Å². The largest absolute Gasteiger partial charge is 0.491 e. The van der Waals surface area contributed by atoms with Crippen molar-refractivity contribution >= 4 is 5.91 Å². The van der Waals surface area contributed by atoms with Gasteiger partial charge in [0.25, 0.3) is 0 Å². The highest BCUT2D eigenvalue weighted by atomic mass is 16.5. The fraction of sp³-hybridized carbons (Fsp3) is 0.591. The van der Waals surface area contributed by atoms with Crippen LogP contribution in [-0.4, -0.2) is 46.5 Å². The molecule has 4 nitrogen and oxygen atoms in total. The predicted octanol–water partition coefficient (Wildman–Crippen LogP) is 4.01. The summed E-state index contributed by atoms with van der Waals surface area (Å²) < 4.78 is 5.83. The number of carbonyl (C=O) groups excluding carboxylic acids is 1. The molecule has 0 aromatic heterocycles. The van der Waals surface area contributed by atoms with E-state index in [1.54, 1.807) is 6.08 Å². The lowest BCUT2D eigenvalue weighted by atomic mass is 9.83. The highest BCUT2D eigenvalue weighted by Gasteiger charge is 2.45. The molecule has 0 saturated carbocycles. The summed E-state index contributed by atoms with van der Waals surface area (Å²) in [7, 11) is 0. The number of likely N-dealkylation sites (tertiary alicyclic amines) is 1. The molecule has 142 valence electrons. The van der Waals surface area contributed by atoms with Crippen LogP contribution in [0.5, 0.6) is 5.75 Å². The fourth-order valence-electron chi connectivity index (χ4n) is 4.34. The Bertz CT molecular complexity index is 670. The number of amides is 1. The summed E-state index contributed by atoms with van der Waals surface area (Å²) in [6, 6.07) is 8.86. The number of benzene rings is 1. The maximum Gasteiger partial charge on any atom is 0.247 e. The summed E-state index contributed by atoms with van der Waals surface area (Å²) in [5.41, 5.74) is 1.22. The van der Waals surface area contributed by atoms with E-state index in [9.17, 15) is 4.79 Å². The first-order valence-electron chi connectivity index (χ1n) is 9.94. The summed E-state index contributed by atoms with van der Waals surface area (Å²) in [4.78, 5) is 16.9. The van der Waals surface area contributed by atoms with Gasteiger partial charge in [-0.15, -0.1) is 0 Å². The van der Waals surface area contributed by atoms with E-state index < -0.39 is 0 Å². The zero-order valence-corrected chi connectivity index (χ0v) is 16.6. The molecule has 1 aromatic carbocycles. The van der Waals surface area contributed by atoms with Gasteiger partial charge < -0.3 is 9.64 Å². The Morgan fingerprint density at radius 3 is 2.85 bits per heavy atom. The molecule has 2 aliphatic rings. The third kappa shape index (κ3) is 3.96. The molecule has 1 fully saturated rings. The molecule has 2 atom stereocenters. The van der Waals surface area contributed by atoms with Gasteiger partial charge in [-0.25, -0.2) is 0 Å². The molecule has 0 N–H and O–H groups in total. The molecule has 1 amide bonds. The Morgan fingerprint density at radius 2 is 2.15 bits per heavy atom. The number of nitrogens with zero attached hydrogens (tertiary/aromatic N) is 2. The van der Waals surface area contributed by atoms with Crippen molar-refractivity contribution in [3.8, 4) is 5.75 Å². The minimum absolute atomic E-state index is 0.0639. The third-order valence-corrected chi connectivity index (χ3v) is 5.55. The van der Waals surface area contributed by atoms with E-state index in [4.69, 9.17) is 4.74 Å². The van der Waals surface area contributed by atoms with Crippen LogP contribution in [0, 0.1) is 0 Å². The van der Waals surface area contributed by atoms with Gasteiger partial charge in [0.05, 0.1) is 11.6 Å². The predicted molar refractivity (Wildman–Crippen MR) is 105 cm³/mol. The molecule has 4 heteroatoms. The number of piperidine rings is 1. The monoisotopic (exact) mass is 356 g/mol. The van der Waals surface area contributed by atoms with Crippen LogP contribution in [0.3, 0.4) is 0 Å². The molecule has 1 aromatic rings. The van der Waals surface area contributed by atoms with Gasteiger partial charge in [-0.05, 0) is 57.7 Å². The van der Waals surface area contributed by atoms with E-state index in [1.807, 2.05) is 6.07 Å². The molecule has 0 unspecified atom stereocenters. The molecule has 2 heterocycles. The molecule has 0 radical (unpaired) electrons. The van der Waals surface area contributed by atoms with Gasteiger partial charge in [-0.3, -0.25) is 9.69 Å². The van der Waals surface area contributed by atoms with Gasteiger partial charge in [0.2, 0.25) is 5.91 Å². The molecular formula is C22H32N2O2. The van der Waals surface area contributed by atoms with E-state index in [1.165, 1.54) is 5.56 Å². The lowest BCUT2D eigenvalue weighted by molar-refractivity contribution is -0.130. The topological polar surface area (TPSA) is 32.8 Å². The lowest BCUT2D eigenvalue weighted by Gasteiger charge is -2.47. The lowest BCUT2D eigenvalue weighted by Crippen LogP contribution is -2.56. The minimum Gasteiger partial charge on any atom is -0.491 e. The summed E-state index contributed by atoms with van der Waals surface area (Å²) >= 11 is 0. The van der Waals surface area contributed by atoms with Crippen molar-refractivity contribution in [3.05, 3.63) is 42.0 Å². The van der Waals surface area contributed by atoms with Crippen LogP contribution in [0.15, 0.2) is 36.4 Å². The van der Waals surface area contributed by atoms with Crippen LogP contribution in [0.2, 0.25) is 0 Å². The second-order valence-corrected chi connectivity index (χ2v) is 8.01. The Balaban J connectivity index is 1.66. The van der Waals surface area contributed by atoms with Gasteiger partial charge in [-0.2, -0.15) is 0 Å². The van der Waals surface area contributed by atoms with E-state index in [0.29, 0.717) is 6.04 Å². The Labute approximate surface area is 157 Å². The standard InChI is InChI=1S/C22H32N2O2/c1-5-12-24-21(25)9-10-22(24)11-13-23(18(4)15-22)16-19-7-6-8-20(14-19)26-17(2)3/h6-10,14,17-18H,5,11-13,15-16H2,1-4H3/t18-,22+/m0/s1. The van der Waals surface area contributed by atoms with Crippen molar-refractivity contribution in [1.82, 2.24) is 9.80 Å². The molecule has 3 rings (SSSR count). The van der Waals surface area contributed by atoms with Gasteiger partial charge in [0, 0.05) is 31.8 Å². The summed E-state index contributed by atoms with van der Waals surface area (Å²) in [5, 5.41) is 0. The molecule has 26 heavy (non-hydrogen) atoms. The molecular weight excluding hydrogens is 324 g/mol. The van der Waals surface area contributed by atoms with Crippen molar-refractivity contribution in [2.75, 3.05) is 13.1 Å². The Hall–Kier alpha value is -1.81. The van der Waals surface area contributed by atoms with Gasteiger partial charge in [0.1, 0.15) is 5.75 Å². The summed E-state index contributed by atoms with van der Waals surface area (Å²) in [6.07, 6.45) is 7.17. The van der Waals surface area contributed by atoms with Crippen LogP contribution >= 0.6 is 0 Å². The first-order valence-corrected chi connectivity index (χ1v) is 9.94. The Kier molecular flexibility index (Phi) is 5.71. The van der Waals surface area contributed by atoms with E-state index in [2.05, 4.69) is 61.8 Å². The number of carbonyl (C=O) groups is 1. The van der Waals surface area contributed by atoms with Crippen LogP contribution in [0.1, 0.15) is 52.5 Å².